The van der Waals surface area contributed by atoms with Gasteiger partial charge in [-0.3, -0.25) is 14.4 Å². The monoisotopic (exact) mass is 466 g/mol. The Bertz CT molecular complexity index is 1100. The Kier molecular flexibility index (Phi) is 6.82. The summed E-state index contributed by atoms with van der Waals surface area (Å²) in [7, 11) is -3.65. The highest BCUT2D eigenvalue weighted by atomic mass is 32.2. The summed E-state index contributed by atoms with van der Waals surface area (Å²) in [6, 6.07) is 3.21. The van der Waals surface area contributed by atoms with E-state index in [1.165, 1.54) is 18.2 Å². The lowest BCUT2D eigenvalue weighted by atomic mass is 9.99. The number of piperidine rings is 1. The quantitative estimate of drug-likeness (QED) is 0.495. The molecule has 1 fully saturated rings. The van der Waals surface area contributed by atoms with Gasteiger partial charge in [-0.05, 0) is 57.5 Å². The van der Waals surface area contributed by atoms with Gasteiger partial charge in [0.15, 0.2) is 11.9 Å². The average molecular weight is 467 g/mol. The second-order valence-electron chi connectivity index (χ2n) is 7.76. The SMILES string of the molecule is CC(=O)c1c(C)[nH]c(C(=O)C(C)OC(=O)C2CCCN(S(=O)(=O)c3cccs3)C2)c1C. The molecule has 0 aromatic carbocycles. The van der Waals surface area contributed by atoms with E-state index >= 15 is 0 Å². The van der Waals surface area contributed by atoms with E-state index in [4.69, 9.17) is 4.74 Å². The van der Waals surface area contributed by atoms with Crippen molar-refractivity contribution in [3.8, 4) is 0 Å². The zero-order valence-electron chi connectivity index (χ0n) is 17.9. The lowest BCUT2D eigenvalue weighted by molar-refractivity contribution is -0.152. The molecule has 0 spiro atoms. The minimum Gasteiger partial charge on any atom is -0.454 e. The fourth-order valence-electron chi connectivity index (χ4n) is 3.94. The van der Waals surface area contributed by atoms with Crippen LogP contribution in [0.2, 0.25) is 0 Å². The van der Waals surface area contributed by atoms with Crippen molar-refractivity contribution in [2.75, 3.05) is 13.1 Å². The van der Waals surface area contributed by atoms with Gasteiger partial charge >= 0.3 is 5.97 Å². The van der Waals surface area contributed by atoms with Crippen LogP contribution in [0.25, 0.3) is 0 Å². The molecule has 1 N–H and O–H groups in total. The molecule has 2 atom stereocenters. The van der Waals surface area contributed by atoms with Crippen molar-refractivity contribution in [3.63, 3.8) is 0 Å². The molecule has 168 valence electrons. The van der Waals surface area contributed by atoms with Gasteiger partial charge in [-0.1, -0.05) is 6.07 Å². The lowest BCUT2D eigenvalue weighted by Gasteiger charge is -2.30. The molecule has 31 heavy (non-hydrogen) atoms. The Labute approximate surface area is 185 Å². The van der Waals surface area contributed by atoms with Gasteiger partial charge in [0.05, 0.1) is 11.6 Å². The van der Waals surface area contributed by atoms with E-state index in [-0.39, 0.29) is 22.2 Å². The highest BCUT2D eigenvalue weighted by Crippen LogP contribution is 2.27. The Morgan fingerprint density at radius 1 is 1.29 bits per heavy atom. The predicted octanol–water partition coefficient (Wildman–Crippen LogP) is 3.11. The Morgan fingerprint density at radius 2 is 2.00 bits per heavy atom. The smallest absolute Gasteiger partial charge is 0.310 e. The van der Waals surface area contributed by atoms with Crippen LogP contribution in [-0.2, 0) is 19.6 Å². The molecule has 1 aliphatic rings. The second kappa shape index (κ2) is 9.05. The number of nitrogens with one attached hydrogen (secondary N) is 1. The first-order valence-corrected chi connectivity index (χ1v) is 12.3. The number of carbonyl (C=O) groups is 3. The highest BCUT2D eigenvalue weighted by molar-refractivity contribution is 7.91. The number of esters is 1. The summed E-state index contributed by atoms with van der Waals surface area (Å²) in [6.45, 7) is 6.66. The van der Waals surface area contributed by atoms with E-state index in [0.717, 1.165) is 11.3 Å². The molecule has 3 rings (SSSR count). The third kappa shape index (κ3) is 4.65. The maximum Gasteiger partial charge on any atom is 0.310 e. The topological polar surface area (TPSA) is 114 Å². The minimum absolute atomic E-state index is 0.0229. The number of aromatic nitrogens is 1. The molecular formula is C21H26N2O6S2. The molecule has 10 heteroatoms. The van der Waals surface area contributed by atoms with Crippen molar-refractivity contribution in [3.05, 3.63) is 40.0 Å². The number of ketones is 2. The standard InChI is InChI=1S/C21H26N2O6S2/c1-12-18(14(3)24)13(2)22-19(12)20(25)15(4)29-21(26)16-7-5-9-23(11-16)31(27,28)17-8-6-10-30-17/h6,8,10,15-16,22H,5,7,9,11H2,1-4H3. The molecule has 1 saturated heterocycles. The number of hydrogen-bond donors (Lipinski definition) is 1. The molecular weight excluding hydrogens is 440 g/mol. The lowest BCUT2D eigenvalue weighted by Crippen LogP contribution is -2.43. The summed E-state index contributed by atoms with van der Waals surface area (Å²) in [5.74, 6) is -1.82. The van der Waals surface area contributed by atoms with Gasteiger partial charge in [-0.15, -0.1) is 11.3 Å². The molecule has 2 aromatic heterocycles. The van der Waals surface area contributed by atoms with E-state index in [2.05, 4.69) is 4.98 Å². The van der Waals surface area contributed by atoms with E-state index in [1.54, 1.807) is 31.4 Å². The van der Waals surface area contributed by atoms with Crippen molar-refractivity contribution < 1.29 is 27.5 Å². The fourth-order valence-corrected chi connectivity index (χ4v) is 6.61. The van der Waals surface area contributed by atoms with Crippen molar-refractivity contribution in [1.82, 2.24) is 9.29 Å². The van der Waals surface area contributed by atoms with Crippen LogP contribution in [0, 0.1) is 19.8 Å². The van der Waals surface area contributed by atoms with Crippen molar-refractivity contribution in [2.45, 2.75) is 50.8 Å². The summed E-state index contributed by atoms with van der Waals surface area (Å²) in [5, 5.41) is 1.69. The molecule has 0 aliphatic carbocycles. The first-order chi connectivity index (χ1) is 14.5. The summed E-state index contributed by atoms with van der Waals surface area (Å²) in [5.41, 5.74) is 1.83. The van der Waals surface area contributed by atoms with Gasteiger partial charge in [0.25, 0.3) is 10.0 Å². The summed E-state index contributed by atoms with van der Waals surface area (Å²) < 4.78 is 32.5. The number of rotatable bonds is 7. The maximum atomic E-state index is 12.8. The number of Topliss-reactive ketones (excluding diaryl/α,β-unsaturated/α-hetero) is 2. The molecule has 1 aliphatic heterocycles. The molecule has 2 unspecified atom stereocenters. The van der Waals surface area contributed by atoms with Gasteiger partial charge in [-0.25, -0.2) is 8.42 Å². The normalized spacial score (nSPS) is 18.5. The minimum atomic E-state index is -3.65. The molecule has 0 saturated carbocycles. The van der Waals surface area contributed by atoms with Crippen LogP contribution in [0.5, 0.6) is 0 Å². The summed E-state index contributed by atoms with van der Waals surface area (Å²) in [4.78, 5) is 40.3. The van der Waals surface area contributed by atoms with Gasteiger partial charge in [0.1, 0.15) is 4.21 Å². The number of thiophene rings is 1. The van der Waals surface area contributed by atoms with Crippen molar-refractivity contribution in [2.24, 2.45) is 5.92 Å². The summed E-state index contributed by atoms with van der Waals surface area (Å²) >= 11 is 1.13. The van der Waals surface area contributed by atoms with Gasteiger partial charge < -0.3 is 9.72 Å². The first kappa shape index (κ1) is 23.4. The van der Waals surface area contributed by atoms with Gasteiger partial charge in [0, 0.05) is 24.3 Å². The first-order valence-electron chi connectivity index (χ1n) is 10.0. The zero-order chi connectivity index (χ0) is 22.9. The number of aromatic amines is 1. The van der Waals surface area contributed by atoms with Crippen LogP contribution in [0.3, 0.4) is 0 Å². The van der Waals surface area contributed by atoms with E-state index in [1.807, 2.05) is 0 Å². The van der Waals surface area contributed by atoms with E-state index in [0.29, 0.717) is 36.2 Å². The highest BCUT2D eigenvalue weighted by Gasteiger charge is 2.36. The van der Waals surface area contributed by atoms with Crippen molar-refractivity contribution >= 4 is 38.9 Å². The Morgan fingerprint density at radius 3 is 2.58 bits per heavy atom. The molecule has 3 heterocycles. The van der Waals surface area contributed by atoms with Gasteiger partial charge in [0.2, 0.25) is 5.78 Å². The van der Waals surface area contributed by atoms with Crippen LogP contribution < -0.4 is 0 Å². The number of sulfonamides is 1. The average Bonchev–Trinajstić information content (AvgIpc) is 3.36. The number of ether oxygens (including phenoxy) is 1. The van der Waals surface area contributed by atoms with Crippen LogP contribution in [0.15, 0.2) is 21.7 Å². The second-order valence-corrected chi connectivity index (χ2v) is 10.9. The third-order valence-electron chi connectivity index (χ3n) is 5.50. The van der Waals surface area contributed by atoms with E-state index < -0.39 is 33.8 Å². The Hall–Kier alpha value is -2.30. The fraction of sp³-hybridized carbons (Fsp3) is 0.476. The Balaban J connectivity index is 1.69. The van der Waals surface area contributed by atoms with E-state index in [9.17, 15) is 22.8 Å². The molecule has 8 nitrogen and oxygen atoms in total. The zero-order valence-corrected chi connectivity index (χ0v) is 19.6. The summed E-state index contributed by atoms with van der Waals surface area (Å²) in [6.07, 6.45) is -0.0390. The number of hydrogen-bond acceptors (Lipinski definition) is 7. The number of nitrogens with zero attached hydrogens (tertiary/aromatic N) is 1. The molecule has 0 radical (unpaired) electrons. The van der Waals surface area contributed by atoms with Crippen LogP contribution in [0.4, 0.5) is 0 Å². The van der Waals surface area contributed by atoms with Crippen LogP contribution in [0.1, 0.15) is 58.8 Å². The number of H-pyrrole nitrogens is 1. The van der Waals surface area contributed by atoms with Crippen LogP contribution in [-0.4, -0.2) is 54.4 Å². The number of aryl methyl sites for hydroxylation is 1. The predicted molar refractivity (Wildman–Crippen MR) is 116 cm³/mol. The van der Waals surface area contributed by atoms with Crippen LogP contribution >= 0.6 is 11.3 Å². The molecule has 0 amide bonds. The largest absolute Gasteiger partial charge is 0.454 e. The molecule has 2 aromatic rings. The third-order valence-corrected chi connectivity index (χ3v) is 8.74. The number of carbonyl (C=O) groups excluding carboxylic acids is 3. The molecule has 0 bridgehead atoms. The van der Waals surface area contributed by atoms with Crippen molar-refractivity contribution in [1.29, 1.82) is 0 Å². The van der Waals surface area contributed by atoms with Gasteiger partial charge in [-0.2, -0.15) is 4.31 Å². The maximum absolute atomic E-state index is 12.8.